The molecule has 1 aromatic carbocycles. The highest BCUT2D eigenvalue weighted by Crippen LogP contribution is 2.15. The lowest BCUT2D eigenvalue weighted by molar-refractivity contribution is 0.476. The summed E-state index contributed by atoms with van der Waals surface area (Å²) in [6, 6.07) is 7.84. The van der Waals surface area contributed by atoms with Crippen molar-refractivity contribution in [3.8, 4) is 0 Å². The molecule has 1 aromatic heterocycles. The fraction of sp³-hybridized carbons (Fsp3) is 0.333. The molecule has 0 saturated heterocycles. The number of aromatic nitrogens is 1. The third kappa shape index (κ3) is 3.14. The highest BCUT2D eigenvalue weighted by Gasteiger charge is 2.18. The lowest BCUT2D eigenvalue weighted by Gasteiger charge is -2.02. The van der Waals surface area contributed by atoms with Gasteiger partial charge in [-0.1, -0.05) is 30.4 Å². The largest absolute Gasteiger partial charge is 0.318 e. The monoisotopic (exact) mass is 313 g/mol. The first-order chi connectivity index (χ1) is 9.43. The number of rotatable bonds is 4. The number of benzene rings is 1. The topological polar surface area (TPSA) is 84.0 Å². The summed E-state index contributed by atoms with van der Waals surface area (Å²) in [5.74, 6) is 0. The number of nitrogens with zero attached hydrogens (tertiary/aromatic N) is 3. The SMILES string of the molecule is CCC(C=NN=c1sc2ccccc2n1C)S(=O)(=O)O. The number of hydrogen-bond acceptors (Lipinski definition) is 5. The summed E-state index contributed by atoms with van der Waals surface area (Å²) in [5, 5.41) is 6.78. The van der Waals surface area contributed by atoms with E-state index >= 15 is 0 Å². The van der Waals surface area contributed by atoms with E-state index in [1.165, 1.54) is 11.3 Å². The predicted octanol–water partition coefficient (Wildman–Crippen LogP) is 1.79. The van der Waals surface area contributed by atoms with Crippen LogP contribution in [0, 0.1) is 0 Å². The molecule has 0 fully saturated rings. The summed E-state index contributed by atoms with van der Waals surface area (Å²) in [4.78, 5) is 0.660. The smallest absolute Gasteiger partial charge is 0.272 e. The van der Waals surface area contributed by atoms with Gasteiger partial charge in [-0.2, -0.15) is 13.5 Å². The molecule has 0 amide bonds. The molecule has 0 radical (unpaired) electrons. The fourth-order valence-electron chi connectivity index (χ4n) is 1.73. The van der Waals surface area contributed by atoms with E-state index in [0.717, 1.165) is 16.4 Å². The molecule has 108 valence electrons. The summed E-state index contributed by atoms with van der Waals surface area (Å²) in [7, 11) is -2.25. The average Bonchev–Trinajstić information content (AvgIpc) is 2.71. The van der Waals surface area contributed by atoms with Gasteiger partial charge < -0.3 is 4.57 Å². The van der Waals surface area contributed by atoms with Crippen molar-refractivity contribution in [2.75, 3.05) is 0 Å². The zero-order valence-electron chi connectivity index (χ0n) is 11.1. The summed E-state index contributed by atoms with van der Waals surface area (Å²) < 4.78 is 34.0. The molecule has 20 heavy (non-hydrogen) atoms. The van der Waals surface area contributed by atoms with Crippen LogP contribution in [0.5, 0.6) is 0 Å². The summed E-state index contributed by atoms with van der Waals surface area (Å²) in [6.45, 7) is 1.66. The van der Waals surface area contributed by atoms with Gasteiger partial charge in [-0.15, -0.1) is 5.10 Å². The van der Waals surface area contributed by atoms with Crippen molar-refractivity contribution in [3.05, 3.63) is 29.1 Å². The first-order valence-electron chi connectivity index (χ1n) is 6.01. The van der Waals surface area contributed by atoms with E-state index in [0.29, 0.717) is 4.80 Å². The fourth-order valence-corrected chi connectivity index (χ4v) is 3.33. The van der Waals surface area contributed by atoms with Crippen LogP contribution < -0.4 is 4.80 Å². The highest BCUT2D eigenvalue weighted by atomic mass is 32.2. The van der Waals surface area contributed by atoms with Gasteiger partial charge in [0, 0.05) is 13.3 Å². The van der Waals surface area contributed by atoms with Gasteiger partial charge in [-0.3, -0.25) is 4.55 Å². The lowest BCUT2D eigenvalue weighted by Crippen LogP contribution is -2.21. The molecule has 0 bridgehead atoms. The third-order valence-electron chi connectivity index (χ3n) is 2.88. The molecular weight excluding hydrogens is 298 g/mol. The van der Waals surface area contributed by atoms with Gasteiger partial charge in [-0.05, 0) is 18.6 Å². The van der Waals surface area contributed by atoms with E-state index < -0.39 is 15.4 Å². The number of thiazole rings is 1. The van der Waals surface area contributed by atoms with E-state index in [1.54, 1.807) is 6.92 Å². The van der Waals surface area contributed by atoms with Crippen LogP contribution in [0.2, 0.25) is 0 Å². The van der Waals surface area contributed by atoms with Crippen molar-refractivity contribution >= 4 is 37.9 Å². The van der Waals surface area contributed by atoms with Crippen molar-refractivity contribution in [1.29, 1.82) is 0 Å². The van der Waals surface area contributed by atoms with E-state index in [-0.39, 0.29) is 6.42 Å². The Morgan fingerprint density at radius 2 is 2.15 bits per heavy atom. The summed E-state index contributed by atoms with van der Waals surface area (Å²) in [5.41, 5.74) is 1.04. The molecule has 1 heterocycles. The first-order valence-corrected chi connectivity index (χ1v) is 8.33. The van der Waals surface area contributed by atoms with Crippen molar-refractivity contribution in [2.45, 2.75) is 18.6 Å². The molecular formula is C12H15N3O3S2. The number of hydrogen-bond donors (Lipinski definition) is 1. The molecule has 2 rings (SSSR count). The van der Waals surface area contributed by atoms with Gasteiger partial charge in [-0.25, -0.2) is 0 Å². The maximum Gasteiger partial charge on any atom is 0.272 e. The maximum atomic E-state index is 11.0. The summed E-state index contributed by atoms with van der Waals surface area (Å²) in [6.07, 6.45) is 1.40. The Morgan fingerprint density at radius 1 is 1.45 bits per heavy atom. The van der Waals surface area contributed by atoms with Crippen LogP contribution in [-0.2, 0) is 17.2 Å². The Morgan fingerprint density at radius 3 is 2.75 bits per heavy atom. The molecule has 1 N–H and O–H groups in total. The molecule has 6 nitrogen and oxygen atoms in total. The molecule has 0 saturated carbocycles. The van der Waals surface area contributed by atoms with Gasteiger partial charge in [0.25, 0.3) is 10.1 Å². The van der Waals surface area contributed by atoms with Crippen LogP contribution in [0.4, 0.5) is 0 Å². The Hall–Kier alpha value is -1.51. The Balaban J connectivity index is 2.37. The van der Waals surface area contributed by atoms with E-state index in [1.807, 2.05) is 35.9 Å². The van der Waals surface area contributed by atoms with Crippen molar-refractivity contribution in [2.24, 2.45) is 17.3 Å². The van der Waals surface area contributed by atoms with Crippen molar-refractivity contribution < 1.29 is 13.0 Å². The quantitative estimate of drug-likeness (QED) is 0.530. The molecule has 0 aliphatic rings. The number of fused-ring (bicyclic) bond motifs is 1. The van der Waals surface area contributed by atoms with Crippen LogP contribution in [0.3, 0.4) is 0 Å². The molecule has 1 atom stereocenters. The highest BCUT2D eigenvalue weighted by molar-refractivity contribution is 7.87. The zero-order valence-corrected chi connectivity index (χ0v) is 12.7. The minimum absolute atomic E-state index is 0.246. The van der Waals surface area contributed by atoms with Crippen LogP contribution in [0.1, 0.15) is 13.3 Å². The molecule has 0 aliphatic carbocycles. The summed E-state index contributed by atoms with van der Waals surface area (Å²) >= 11 is 1.46. The second-order valence-corrected chi connectivity index (χ2v) is 6.88. The van der Waals surface area contributed by atoms with E-state index in [4.69, 9.17) is 4.55 Å². The molecule has 0 aliphatic heterocycles. The van der Waals surface area contributed by atoms with Gasteiger partial charge in [0.05, 0.1) is 10.2 Å². The van der Waals surface area contributed by atoms with Gasteiger partial charge >= 0.3 is 0 Å². The predicted molar refractivity (Wildman–Crippen MR) is 80.5 cm³/mol. The number of para-hydroxylation sites is 1. The van der Waals surface area contributed by atoms with Crippen molar-refractivity contribution in [1.82, 2.24) is 4.57 Å². The van der Waals surface area contributed by atoms with Gasteiger partial charge in [0.15, 0.2) is 0 Å². The number of aryl methyl sites for hydroxylation is 1. The van der Waals surface area contributed by atoms with Crippen LogP contribution in [0.15, 0.2) is 34.5 Å². The Labute approximate surface area is 120 Å². The Bertz CT molecular complexity index is 803. The average molecular weight is 313 g/mol. The van der Waals surface area contributed by atoms with E-state index in [2.05, 4.69) is 10.2 Å². The normalized spacial score (nSPS) is 15.2. The van der Waals surface area contributed by atoms with Crippen LogP contribution in [0.25, 0.3) is 10.2 Å². The van der Waals surface area contributed by atoms with Crippen molar-refractivity contribution in [3.63, 3.8) is 0 Å². The first kappa shape index (κ1) is 14.9. The van der Waals surface area contributed by atoms with Crippen LogP contribution in [-0.4, -0.2) is 29.0 Å². The second kappa shape index (κ2) is 5.86. The van der Waals surface area contributed by atoms with Gasteiger partial charge in [0.1, 0.15) is 5.25 Å². The molecule has 1 unspecified atom stereocenters. The lowest BCUT2D eigenvalue weighted by atomic mass is 10.3. The maximum absolute atomic E-state index is 11.0. The molecule has 0 spiro atoms. The zero-order chi connectivity index (χ0) is 14.8. The van der Waals surface area contributed by atoms with Crippen LogP contribution >= 0.6 is 11.3 Å². The standard InChI is InChI=1S/C12H15N3O3S2/c1-3-9(20(16,17)18)8-13-14-12-15(2)10-6-4-5-7-11(10)19-12/h4-9H,3H2,1-2H3,(H,16,17,18). The molecule has 2 aromatic rings. The second-order valence-electron chi connectivity index (χ2n) is 4.24. The third-order valence-corrected chi connectivity index (χ3v) is 5.20. The van der Waals surface area contributed by atoms with E-state index in [9.17, 15) is 8.42 Å². The minimum atomic E-state index is -4.12. The minimum Gasteiger partial charge on any atom is -0.318 e. The van der Waals surface area contributed by atoms with Gasteiger partial charge in [0.2, 0.25) is 4.80 Å². The molecule has 8 heteroatoms. The Kier molecular flexibility index (Phi) is 4.36.